The third-order valence-corrected chi connectivity index (χ3v) is 3.03. The minimum atomic E-state index is 0.827. The van der Waals surface area contributed by atoms with E-state index in [4.69, 9.17) is 0 Å². The van der Waals surface area contributed by atoms with Gasteiger partial charge in [-0.3, -0.25) is 4.68 Å². The predicted molar refractivity (Wildman–Crippen MR) is 69.0 cm³/mol. The number of fused-ring (bicyclic) bond motifs is 1. The molecule has 0 saturated carbocycles. The molecule has 1 aromatic carbocycles. The molecular formula is C14H15N3. The quantitative estimate of drug-likeness (QED) is 0.657. The highest BCUT2D eigenvalue weighted by Gasteiger charge is 2.03. The molecule has 0 aliphatic carbocycles. The van der Waals surface area contributed by atoms with E-state index in [-0.39, 0.29) is 0 Å². The van der Waals surface area contributed by atoms with Gasteiger partial charge in [-0.25, -0.2) is 0 Å². The Bertz CT molecular complexity index is 661. The predicted octanol–water partition coefficient (Wildman–Crippen LogP) is 2.73. The summed E-state index contributed by atoms with van der Waals surface area (Å²) in [5, 5.41) is 5.70. The van der Waals surface area contributed by atoms with Crippen LogP contribution in [0.25, 0.3) is 10.9 Å². The molecule has 0 aliphatic heterocycles. The molecule has 3 heteroatoms. The van der Waals surface area contributed by atoms with Gasteiger partial charge in [0.15, 0.2) is 0 Å². The molecule has 0 atom stereocenters. The number of hydrogen-bond acceptors (Lipinski definition) is 1. The third kappa shape index (κ3) is 1.84. The molecule has 86 valence electrons. The molecule has 0 radical (unpaired) electrons. The van der Waals surface area contributed by atoms with Crippen LogP contribution in [-0.4, -0.2) is 14.3 Å². The SMILES string of the molecule is Cc1ccc2c(ccn2Cc2ccn(C)n2)c1. The summed E-state index contributed by atoms with van der Waals surface area (Å²) < 4.78 is 4.07. The van der Waals surface area contributed by atoms with Gasteiger partial charge in [0.05, 0.1) is 12.2 Å². The fourth-order valence-corrected chi connectivity index (χ4v) is 2.18. The molecule has 0 bridgehead atoms. The van der Waals surface area contributed by atoms with Gasteiger partial charge in [-0.2, -0.15) is 5.10 Å². The Morgan fingerprint density at radius 1 is 1.12 bits per heavy atom. The van der Waals surface area contributed by atoms with Gasteiger partial charge in [-0.1, -0.05) is 11.6 Å². The van der Waals surface area contributed by atoms with Gasteiger partial charge in [-0.15, -0.1) is 0 Å². The van der Waals surface area contributed by atoms with Crippen molar-refractivity contribution in [3.05, 3.63) is 54.0 Å². The van der Waals surface area contributed by atoms with E-state index in [1.54, 1.807) is 0 Å². The Morgan fingerprint density at radius 3 is 2.76 bits per heavy atom. The zero-order valence-electron chi connectivity index (χ0n) is 10.1. The first kappa shape index (κ1) is 10.1. The maximum Gasteiger partial charge on any atom is 0.0821 e. The lowest BCUT2D eigenvalue weighted by atomic mass is 10.2. The molecule has 0 N–H and O–H groups in total. The van der Waals surface area contributed by atoms with Crippen molar-refractivity contribution in [1.29, 1.82) is 0 Å². The highest BCUT2D eigenvalue weighted by molar-refractivity contribution is 5.80. The minimum Gasteiger partial charge on any atom is -0.341 e. The second kappa shape index (κ2) is 3.77. The van der Waals surface area contributed by atoms with Crippen LogP contribution in [0.1, 0.15) is 11.3 Å². The summed E-state index contributed by atoms with van der Waals surface area (Å²) in [4.78, 5) is 0. The Morgan fingerprint density at radius 2 is 2.00 bits per heavy atom. The topological polar surface area (TPSA) is 22.8 Å². The summed E-state index contributed by atoms with van der Waals surface area (Å²) in [6.07, 6.45) is 4.10. The van der Waals surface area contributed by atoms with Gasteiger partial charge in [-0.05, 0) is 36.6 Å². The van der Waals surface area contributed by atoms with E-state index < -0.39 is 0 Å². The Kier molecular flexibility index (Phi) is 2.25. The van der Waals surface area contributed by atoms with Crippen LogP contribution in [-0.2, 0) is 13.6 Å². The first-order valence-corrected chi connectivity index (χ1v) is 5.76. The zero-order valence-corrected chi connectivity index (χ0v) is 10.1. The second-order valence-electron chi connectivity index (χ2n) is 4.49. The van der Waals surface area contributed by atoms with Crippen molar-refractivity contribution in [2.24, 2.45) is 7.05 Å². The number of aryl methyl sites for hydroxylation is 2. The van der Waals surface area contributed by atoms with Crippen LogP contribution < -0.4 is 0 Å². The Hall–Kier alpha value is -2.03. The molecule has 3 aromatic rings. The van der Waals surface area contributed by atoms with Crippen LogP contribution in [0.15, 0.2) is 42.7 Å². The molecule has 0 unspecified atom stereocenters. The second-order valence-corrected chi connectivity index (χ2v) is 4.49. The molecule has 3 nitrogen and oxygen atoms in total. The number of rotatable bonds is 2. The molecule has 0 saturated heterocycles. The number of hydrogen-bond donors (Lipinski definition) is 0. The van der Waals surface area contributed by atoms with Gasteiger partial charge < -0.3 is 4.57 Å². The molecule has 2 aromatic heterocycles. The monoisotopic (exact) mass is 225 g/mol. The number of aromatic nitrogens is 3. The number of benzene rings is 1. The van der Waals surface area contributed by atoms with Gasteiger partial charge in [0, 0.05) is 25.0 Å². The van der Waals surface area contributed by atoms with Crippen molar-refractivity contribution >= 4 is 10.9 Å². The van der Waals surface area contributed by atoms with Crippen LogP contribution in [0.3, 0.4) is 0 Å². The van der Waals surface area contributed by atoms with E-state index >= 15 is 0 Å². The summed E-state index contributed by atoms with van der Waals surface area (Å²) in [5.74, 6) is 0. The Balaban J connectivity index is 2.00. The van der Waals surface area contributed by atoms with Crippen LogP contribution >= 0.6 is 0 Å². The molecule has 3 rings (SSSR count). The van der Waals surface area contributed by atoms with Crippen molar-refractivity contribution in [3.63, 3.8) is 0 Å². The zero-order chi connectivity index (χ0) is 11.8. The van der Waals surface area contributed by atoms with Crippen LogP contribution in [0.5, 0.6) is 0 Å². The van der Waals surface area contributed by atoms with Gasteiger partial charge in [0.1, 0.15) is 0 Å². The number of nitrogens with zero attached hydrogens (tertiary/aromatic N) is 3. The van der Waals surface area contributed by atoms with Gasteiger partial charge >= 0.3 is 0 Å². The standard InChI is InChI=1S/C14H15N3/c1-11-3-4-14-12(9-11)5-8-17(14)10-13-6-7-16(2)15-13/h3-9H,10H2,1-2H3. The van der Waals surface area contributed by atoms with Crippen molar-refractivity contribution < 1.29 is 0 Å². The van der Waals surface area contributed by atoms with Crippen molar-refractivity contribution in [3.8, 4) is 0 Å². The summed E-state index contributed by atoms with van der Waals surface area (Å²) in [6.45, 7) is 2.95. The van der Waals surface area contributed by atoms with E-state index in [9.17, 15) is 0 Å². The van der Waals surface area contributed by atoms with Gasteiger partial charge in [0.2, 0.25) is 0 Å². The molecule has 0 fully saturated rings. The minimum absolute atomic E-state index is 0.827. The molecule has 17 heavy (non-hydrogen) atoms. The van der Waals surface area contributed by atoms with E-state index in [1.165, 1.54) is 16.5 Å². The van der Waals surface area contributed by atoms with E-state index in [1.807, 2.05) is 17.9 Å². The summed E-state index contributed by atoms with van der Waals surface area (Å²) >= 11 is 0. The maximum atomic E-state index is 4.41. The molecule has 0 spiro atoms. The average Bonchev–Trinajstić information content (AvgIpc) is 2.86. The lowest BCUT2D eigenvalue weighted by Gasteiger charge is -2.03. The first-order valence-electron chi connectivity index (χ1n) is 5.76. The molecule has 2 heterocycles. The molecule has 0 aliphatic rings. The van der Waals surface area contributed by atoms with Crippen LogP contribution in [0.4, 0.5) is 0 Å². The lowest BCUT2D eigenvalue weighted by molar-refractivity contribution is 0.716. The maximum absolute atomic E-state index is 4.41. The van der Waals surface area contributed by atoms with Crippen molar-refractivity contribution in [2.45, 2.75) is 13.5 Å². The smallest absolute Gasteiger partial charge is 0.0821 e. The van der Waals surface area contributed by atoms with E-state index in [0.29, 0.717) is 0 Å². The summed E-state index contributed by atoms with van der Waals surface area (Å²) in [6, 6.07) is 10.8. The normalized spacial score (nSPS) is 11.2. The fourth-order valence-electron chi connectivity index (χ4n) is 2.18. The van der Waals surface area contributed by atoms with Crippen molar-refractivity contribution in [2.75, 3.05) is 0 Å². The van der Waals surface area contributed by atoms with Crippen LogP contribution in [0, 0.1) is 6.92 Å². The summed E-state index contributed by atoms with van der Waals surface area (Å²) in [5.41, 5.74) is 3.65. The lowest BCUT2D eigenvalue weighted by Crippen LogP contribution is -1.99. The molecule has 0 amide bonds. The fraction of sp³-hybridized carbons (Fsp3) is 0.214. The highest BCUT2D eigenvalue weighted by Crippen LogP contribution is 2.18. The van der Waals surface area contributed by atoms with E-state index in [0.717, 1.165) is 12.2 Å². The van der Waals surface area contributed by atoms with Gasteiger partial charge in [0.25, 0.3) is 0 Å². The largest absolute Gasteiger partial charge is 0.341 e. The Labute approximate surface area is 100 Å². The van der Waals surface area contributed by atoms with Crippen LogP contribution in [0.2, 0.25) is 0 Å². The molecular weight excluding hydrogens is 210 g/mol. The first-order chi connectivity index (χ1) is 8.22. The third-order valence-electron chi connectivity index (χ3n) is 3.03. The highest BCUT2D eigenvalue weighted by atomic mass is 15.3. The van der Waals surface area contributed by atoms with Crippen molar-refractivity contribution in [1.82, 2.24) is 14.3 Å². The van der Waals surface area contributed by atoms with E-state index in [2.05, 4.69) is 53.1 Å². The summed E-state index contributed by atoms with van der Waals surface area (Å²) in [7, 11) is 1.95. The average molecular weight is 225 g/mol.